The number of benzene rings is 2. The van der Waals surface area contributed by atoms with E-state index < -0.39 is 0 Å². The van der Waals surface area contributed by atoms with Gasteiger partial charge in [0.25, 0.3) is 0 Å². The van der Waals surface area contributed by atoms with Gasteiger partial charge in [-0.1, -0.05) is 50.2 Å². The van der Waals surface area contributed by atoms with Gasteiger partial charge in [-0.25, -0.2) is 0 Å². The molecular weight excluding hydrogens is 384 g/mol. The van der Waals surface area contributed by atoms with Gasteiger partial charge in [0.1, 0.15) is 0 Å². The molecular formula is C19H18BrN2OS+. The molecule has 1 saturated heterocycles. The summed E-state index contributed by atoms with van der Waals surface area (Å²) in [5.41, 5.74) is 3.72. The largest absolute Gasteiger partial charge is 0.378 e. The lowest BCUT2D eigenvalue weighted by Crippen LogP contribution is -2.36. The minimum atomic E-state index is 0.796. The lowest BCUT2D eigenvalue weighted by atomic mass is 10.1. The predicted octanol–water partition coefficient (Wildman–Crippen LogP) is 4.29. The van der Waals surface area contributed by atoms with Crippen LogP contribution >= 0.6 is 27.5 Å². The Morgan fingerprint density at radius 3 is 2.38 bits per heavy atom. The van der Waals surface area contributed by atoms with Crippen LogP contribution in [0.1, 0.15) is 0 Å². The van der Waals surface area contributed by atoms with Gasteiger partial charge in [-0.15, -0.1) is 0 Å². The average molecular weight is 402 g/mol. The Labute approximate surface area is 154 Å². The Bertz CT molecular complexity index is 811. The van der Waals surface area contributed by atoms with Gasteiger partial charge in [0.15, 0.2) is 16.5 Å². The molecule has 0 bridgehead atoms. The predicted molar refractivity (Wildman–Crippen MR) is 102 cm³/mol. The summed E-state index contributed by atoms with van der Waals surface area (Å²) in [6.07, 6.45) is 2.24. The molecule has 1 fully saturated rings. The summed E-state index contributed by atoms with van der Waals surface area (Å²) < 4.78 is 8.87. The van der Waals surface area contributed by atoms with Gasteiger partial charge in [0.05, 0.1) is 18.8 Å². The van der Waals surface area contributed by atoms with Gasteiger partial charge in [0.2, 0.25) is 11.9 Å². The molecule has 3 nitrogen and oxygen atoms in total. The highest BCUT2D eigenvalue weighted by atomic mass is 79.9. The van der Waals surface area contributed by atoms with Crippen molar-refractivity contribution in [1.82, 2.24) is 0 Å². The van der Waals surface area contributed by atoms with E-state index >= 15 is 0 Å². The maximum atomic E-state index is 5.52. The summed E-state index contributed by atoms with van der Waals surface area (Å²) in [5.74, 6) is 0. The average Bonchev–Trinajstić information content (AvgIpc) is 3.09. The highest BCUT2D eigenvalue weighted by Gasteiger charge is 2.25. The lowest BCUT2D eigenvalue weighted by Gasteiger charge is -2.26. The molecule has 0 radical (unpaired) electrons. The van der Waals surface area contributed by atoms with Crippen LogP contribution in [0.3, 0.4) is 0 Å². The molecule has 122 valence electrons. The zero-order chi connectivity index (χ0) is 16.4. The number of anilines is 1. The molecule has 1 aliphatic heterocycles. The van der Waals surface area contributed by atoms with E-state index in [2.05, 4.69) is 85.6 Å². The Morgan fingerprint density at radius 2 is 1.67 bits per heavy atom. The van der Waals surface area contributed by atoms with Gasteiger partial charge in [-0.3, -0.25) is 0 Å². The fourth-order valence-electron chi connectivity index (χ4n) is 2.87. The van der Waals surface area contributed by atoms with Crippen molar-refractivity contribution in [2.75, 3.05) is 31.2 Å². The van der Waals surface area contributed by atoms with Crippen molar-refractivity contribution in [2.45, 2.75) is 0 Å². The standard InChI is InChI=1S/C19H18BrN2OS/c20-16-6-8-17(9-7-16)22-14-18(15-4-2-1-3-5-15)19(24-22)21-10-12-23-13-11-21/h1-9,14H,10-13H2/q+1. The van der Waals surface area contributed by atoms with Crippen molar-refractivity contribution in [3.8, 4) is 16.8 Å². The van der Waals surface area contributed by atoms with Crippen molar-refractivity contribution in [3.63, 3.8) is 0 Å². The van der Waals surface area contributed by atoms with Crippen LogP contribution in [0, 0.1) is 0 Å². The van der Waals surface area contributed by atoms with Gasteiger partial charge in [0, 0.05) is 29.7 Å². The quantitative estimate of drug-likeness (QED) is 0.608. The molecule has 4 rings (SSSR count). The van der Waals surface area contributed by atoms with Crippen LogP contribution in [0.25, 0.3) is 16.8 Å². The molecule has 0 unspecified atom stereocenters. The number of nitrogens with zero attached hydrogens (tertiary/aromatic N) is 2. The molecule has 0 atom stereocenters. The number of morpholine rings is 1. The third-order valence-corrected chi connectivity index (χ3v) is 5.82. The molecule has 5 heteroatoms. The van der Waals surface area contributed by atoms with E-state index in [-0.39, 0.29) is 0 Å². The third kappa shape index (κ3) is 3.24. The first-order chi connectivity index (χ1) is 11.8. The summed E-state index contributed by atoms with van der Waals surface area (Å²) in [6, 6.07) is 19.1. The first-order valence-electron chi connectivity index (χ1n) is 8.01. The zero-order valence-corrected chi connectivity index (χ0v) is 15.6. The van der Waals surface area contributed by atoms with Gasteiger partial charge in [-0.2, -0.15) is 0 Å². The Hall–Kier alpha value is -1.69. The number of hydrogen-bond donors (Lipinski definition) is 0. The second-order valence-electron chi connectivity index (χ2n) is 5.71. The number of halogens is 1. The van der Waals surface area contributed by atoms with E-state index in [9.17, 15) is 0 Å². The summed E-state index contributed by atoms with van der Waals surface area (Å²) in [7, 11) is 0. The van der Waals surface area contributed by atoms with Crippen LogP contribution < -0.4 is 8.86 Å². The fraction of sp³-hybridized carbons (Fsp3) is 0.211. The molecule has 0 N–H and O–H groups in total. The molecule has 3 aromatic rings. The van der Waals surface area contributed by atoms with Gasteiger partial charge >= 0.3 is 0 Å². The van der Waals surface area contributed by atoms with Gasteiger partial charge < -0.3 is 9.64 Å². The van der Waals surface area contributed by atoms with Crippen LogP contribution in [0.5, 0.6) is 0 Å². The Morgan fingerprint density at radius 1 is 0.958 bits per heavy atom. The van der Waals surface area contributed by atoms with Gasteiger partial charge in [-0.05, 0) is 17.7 Å². The fourth-order valence-corrected chi connectivity index (χ4v) is 4.27. The highest BCUT2D eigenvalue weighted by molar-refractivity contribution is 9.10. The van der Waals surface area contributed by atoms with E-state index in [4.69, 9.17) is 4.74 Å². The third-order valence-electron chi connectivity index (χ3n) is 4.13. The zero-order valence-electron chi connectivity index (χ0n) is 13.2. The minimum absolute atomic E-state index is 0.796. The summed E-state index contributed by atoms with van der Waals surface area (Å²) in [5, 5.41) is 1.31. The summed E-state index contributed by atoms with van der Waals surface area (Å²) in [6.45, 7) is 3.48. The van der Waals surface area contributed by atoms with E-state index in [0.717, 1.165) is 30.8 Å². The molecule has 0 aliphatic carbocycles. The molecule has 0 saturated carbocycles. The molecule has 1 aliphatic rings. The van der Waals surface area contributed by atoms with Crippen molar-refractivity contribution in [3.05, 3.63) is 65.3 Å². The van der Waals surface area contributed by atoms with Crippen molar-refractivity contribution in [1.29, 1.82) is 0 Å². The maximum Gasteiger partial charge on any atom is 0.225 e. The van der Waals surface area contributed by atoms with Crippen LogP contribution in [0.15, 0.2) is 65.3 Å². The molecule has 2 aromatic carbocycles. The van der Waals surface area contributed by atoms with Crippen LogP contribution in [0.4, 0.5) is 5.00 Å². The van der Waals surface area contributed by atoms with Crippen LogP contribution in [0.2, 0.25) is 0 Å². The monoisotopic (exact) mass is 401 g/mol. The van der Waals surface area contributed by atoms with E-state index in [1.165, 1.54) is 21.8 Å². The van der Waals surface area contributed by atoms with Crippen LogP contribution in [-0.4, -0.2) is 26.3 Å². The molecule has 1 aromatic heterocycles. The van der Waals surface area contributed by atoms with E-state index in [1.54, 1.807) is 11.5 Å². The molecule has 0 amide bonds. The first-order valence-corrected chi connectivity index (χ1v) is 9.58. The minimum Gasteiger partial charge on any atom is -0.378 e. The SMILES string of the molecule is Brc1ccc(-[n+]2cc(-c3ccccc3)c(N3CCOCC3)s2)cc1. The van der Waals surface area contributed by atoms with Crippen molar-refractivity contribution in [2.24, 2.45) is 0 Å². The second kappa shape index (κ2) is 7.05. The maximum absolute atomic E-state index is 5.52. The molecule has 2 heterocycles. The number of rotatable bonds is 3. The number of ether oxygens (including phenoxy) is 1. The highest BCUT2D eigenvalue weighted by Crippen LogP contribution is 2.34. The van der Waals surface area contributed by atoms with Crippen LogP contribution in [-0.2, 0) is 4.74 Å². The lowest BCUT2D eigenvalue weighted by molar-refractivity contribution is -0.519. The second-order valence-corrected chi connectivity index (χ2v) is 7.59. The number of hydrogen-bond acceptors (Lipinski definition) is 3. The van der Waals surface area contributed by atoms with E-state index in [1.807, 2.05) is 0 Å². The molecule has 0 spiro atoms. The Kier molecular flexibility index (Phi) is 4.65. The first kappa shape index (κ1) is 15.8. The van der Waals surface area contributed by atoms with E-state index in [0.29, 0.717) is 0 Å². The smallest absolute Gasteiger partial charge is 0.225 e. The summed E-state index contributed by atoms with van der Waals surface area (Å²) >= 11 is 5.30. The topological polar surface area (TPSA) is 16.4 Å². The molecule has 24 heavy (non-hydrogen) atoms. The summed E-state index contributed by atoms with van der Waals surface area (Å²) in [4.78, 5) is 2.44. The van der Waals surface area contributed by atoms with Crippen molar-refractivity contribution >= 4 is 32.5 Å². The van der Waals surface area contributed by atoms with Crippen molar-refractivity contribution < 1.29 is 8.69 Å². The Balaban J connectivity index is 1.79. The number of aromatic nitrogens is 1. The normalized spacial score (nSPS) is 14.8.